The number of carbonyl (C=O) groups is 1. The quantitative estimate of drug-likeness (QED) is 0.391. The molecule has 0 saturated carbocycles. The predicted molar refractivity (Wildman–Crippen MR) is 98.7 cm³/mol. The van der Waals surface area contributed by atoms with Crippen molar-refractivity contribution < 1.29 is 17.8 Å². The summed E-state index contributed by atoms with van der Waals surface area (Å²) in [6.45, 7) is 0. The zero-order chi connectivity index (χ0) is 19.3. The maximum atomic E-state index is 12.2. The lowest BCUT2D eigenvalue weighted by Crippen LogP contribution is -2.14. The van der Waals surface area contributed by atoms with Crippen LogP contribution in [0.15, 0.2) is 59.1 Å². The number of benzene rings is 2. The standard InChI is InChI=1S/C16H11Cl2N3O4S/c17-11-1-6-14(18)15(7-11)21-16(22)10(8-19)9-20-12-2-4-13(5-3-12)26(23,24)25/h1-7,9,20H,(H,21,22)(H,23,24,25)/b10-9-. The van der Waals surface area contributed by atoms with Crippen molar-refractivity contribution in [2.45, 2.75) is 4.90 Å². The molecule has 26 heavy (non-hydrogen) atoms. The fraction of sp³-hybridized carbons (Fsp3) is 0. The average Bonchev–Trinajstić information content (AvgIpc) is 2.58. The molecule has 0 heterocycles. The first-order chi connectivity index (χ1) is 12.2. The molecule has 7 nitrogen and oxygen atoms in total. The number of hydrogen-bond acceptors (Lipinski definition) is 5. The number of carbonyl (C=O) groups excluding carboxylic acids is 1. The Balaban J connectivity index is 2.13. The Bertz CT molecular complexity index is 1010. The minimum atomic E-state index is -4.29. The molecule has 0 aliphatic rings. The molecule has 2 aromatic rings. The van der Waals surface area contributed by atoms with E-state index in [4.69, 9.17) is 33.0 Å². The van der Waals surface area contributed by atoms with Crippen LogP contribution in [0.5, 0.6) is 0 Å². The Labute approximate surface area is 159 Å². The van der Waals surface area contributed by atoms with Gasteiger partial charge in [0.05, 0.1) is 15.6 Å². The number of halogens is 2. The molecule has 0 radical (unpaired) electrons. The third-order valence-electron chi connectivity index (χ3n) is 3.08. The molecule has 3 N–H and O–H groups in total. The molecule has 0 aliphatic carbocycles. The first kappa shape index (κ1) is 19.8. The van der Waals surface area contributed by atoms with E-state index in [0.717, 1.165) is 6.20 Å². The van der Waals surface area contributed by atoms with Crippen LogP contribution in [0, 0.1) is 11.3 Å². The average molecular weight is 412 g/mol. The molecular weight excluding hydrogens is 401 g/mol. The van der Waals surface area contributed by atoms with Crippen LogP contribution >= 0.6 is 23.2 Å². The third kappa shape index (κ3) is 5.21. The van der Waals surface area contributed by atoms with Crippen molar-refractivity contribution in [2.75, 3.05) is 10.6 Å². The van der Waals surface area contributed by atoms with Crippen LogP contribution < -0.4 is 10.6 Å². The molecule has 10 heteroatoms. The number of nitrogens with zero attached hydrogens (tertiary/aromatic N) is 1. The van der Waals surface area contributed by atoms with E-state index in [9.17, 15) is 13.2 Å². The van der Waals surface area contributed by atoms with Gasteiger partial charge in [-0.15, -0.1) is 0 Å². The molecule has 0 atom stereocenters. The van der Waals surface area contributed by atoms with Gasteiger partial charge in [-0.25, -0.2) is 0 Å². The summed E-state index contributed by atoms with van der Waals surface area (Å²) in [5.74, 6) is -0.710. The maximum absolute atomic E-state index is 12.2. The van der Waals surface area contributed by atoms with Gasteiger partial charge in [-0.05, 0) is 42.5 Å². The summed E-state index contributed by atoms with van der Waals surface area (Å²) >= 11 is 11.8. The third-order valence-corrected chi connectivity index (χ3v) is 4.51. The zero-order valence-electron chi connectivity index (χ0n) is 12.9. The molecule has 0 saturated heterocycles. The van der Waals surface area contributed by atoms with Crippen LogP contribution in [0.4, 0.5) is 11.4 Å². The number of hydrogen-bond donors (Lipinski definition) is 3. The molecule has 2 rings (SSSR count). The Kier molecular flexibility index (Phi) is 6.23. The number of nitriles is 1. The van der Waals surface area contributed by atoms with Gasteiger partial charge < -0.3 is 10.6 Å². The molecule has 0 unspecified atom stereocenters. The first-order valence-corrected chi connectivity index (χ1v) is 9.11. The summed E-state index contributed by atoms with van der Waals surface area (Å²) in [4.78, 5) is 11.9. The number of amides is 1. The second-order valence-corrected chi connectivity index (χ2v) is 7.16. The van der Waals surface area contributed by atoms with E-state index in [1.807, 2.05) is 0 Å². The van der Waals surface area contributed by atoms with Gasteiger partial charge in [-0.1, -0.05) is 23.2 Å². The molecule has 1 amide bonds. The van der Waals surface area contributed by atoms with Crippen LogP contribution in [0.3, 0.4) is 0 Å². The molecule has 0 fully saturated rings. The highest BCUT2D eigenvalue weighted by molar-refractivity contribution is 7.85. The topological polar surface area (TPSA) is 119 Å². The molecule has 134 valence electrons. The Morgan fingerprint density at radius 1 is 1.15 bits per heavy atom. The Morgan fingerprint density at radius 3 is 2.38 bits per heavy atom. The van der Waals surface area contributed by atoms with Crippen molar-refractivity contribution in [1.29, 1.82) is 5.26 Å². The van der Waals surface area contributed by atoms with E-state index in [2.05, 4.69) is 10.6 Å². The minimum Gasteiger partial charge on any atom is -0.360 e. The van der Waals surface area contributed by atoms with Crippen molar-refractivity contribution in [2.24, 2.45) is 0 Å². The lowest BCUT2D eigenvalue weighted by molar-refractivity contribution is -0.112. The normalized spacial score (nSPS) is 11.5. The fourth-order valence-electron chi connectivity index (χ4n) is 1.81. The molecule has 0 spiro atoms. The molecule has 0 bridgehead atoms. The number of rotatable bonds is 5. The van der Waals surface area contributed by atoms with Crippen LogP contribution in [0.2, 0.25) is 10.0 Å². The van der Waals surface area contributed by atoms with Crippen LogP contribution in [-0.4, -0.2) is 18.9 Å². The van der Waals surface area contributed by atoms with Crippen molar-refractivity contribution in [1.82, 2.24) is 0 Å². The largest absolute Gasteiger partial charge is 0.360 e. The van der Waals surface area contributed by atoms with Crippen molar-refractivity contribution in [3.8, 4) is 6.07 Å². The van der Waals surface area contributed by atoms with Gasteiger partial charge in [0.15, 0.2) is 0 Å². The number of nitrogens with one attached hydrogen (secondary N) is 2. The molecular formula is C16H11Cl2N3O4S. The van der Waals surface area contributed by atoms with Crippen LogP contribution in [-0.2, 0) is 14.9 Å². The fourth-order valence-corrected chi connectivity index (χ4v) is 2.63. The lowest BCUT2D eigenvalue weighted by Gasteiger charge is -2.07. The second-order valence-electron chi connectivity index (χ2n) is 4.89. The summed E-state index contributed by atoms with van der Waals surface area (Å²) in [6.07, 6.45) is 1.15. The van der Waals surface area contributed by atoms with Gasteiger partial charge in [-0.3, -0.25) is 9.35 Å². The zero-order valence-corrected chi connectivity index (χ0v) is 15.2. The van der Waals surface area contributed by atoms with Crippen molar-refractivity contribution in [3.63, 3.8) is 0 Å². The monoisotopic (exact) mass is 411 g/mol. The van der Waals surface area contributed by atoms with Gasteiger partial charge >= 0.3 is 0 Å². The lowest BCUT2D eigenvalue weighted by atomic mass is 10.2. The molecule has 0 aromatic heterocycles. The van der Waals surface area contributed by atoms with Crippen molar-refractivity contribution in [3.05, 3.63) is 64.3 Å². The molecule has 0 aliphatic heterocycles. The number of anilines is 2. The summed E-state index contributed by atoms with van der Waals surface area (Å²) in [6, 6.07) is 11.3. The summed E-state index contributed by atoms with van der Waals surface area (Å²) in [5.41, 5.74) is 0.404. The van der Waals surface area contributed by atoms with Gasteiger partial charge in [0, 0.05) is 16.9 Å². The van der Waals surface area contributed by atoms with E-state index in [0.29, 0.717) is 10.7 Å². The maximum Gasteiger partial charge on any atom is 0.294 e. The van der Waals surface area contributed by atoms with Gasteiger partial charge in [0.1, 0.15) is 11.6 Å². The minimum absolute atomic E-state index is 0.250. The summed E-state index contributed by atoms with van der Waals surface area (Å²) in [5, 5.41) is 14.9. The van der Waals surface area contributed by atoms with E-state index in [-0.39, 0.29) is 21.2 Å². The highest BCUT2D eigenvalue weighted by atomic mass is 35.5. The Hall–Kier alpha value is -2.57. The second kappa shape index (κ2) is 8.21. The summed E-state index contributed by atoms with van der Waals surface area (Å²) in [7, 11) is -4.29. The van der Waals surface area contributed by atoms with Crippen LogP contribution in [0.1, 0.15) is 0 Å². The van der Waals surface area contributed by atoms with E-state index in [1.165, 1.54) is 36.4 Å². The predicted octanol–water partition coefficient (Wildman–Crippen LogP) is 3.70. The SMILES string of the molecule is N#C/C(=C/Nc1ccc(S(=O)(=O)O)cc1)C(=O)Nc1cc(Cl)ccc1Cl. The van der Waals surface area contributed by atoms with E-state index in [1.54, 1.807) is 12.1 Å². The molecule has 2 aromatic carbocycles. The van der Waals surface area contributed by atoms with E-state index >= 15 is 0 Å². The van der Waals surface area contributed by atoms with Gasteiger partial charge in [0.2, 0.25) is 0 Å². The van der Waals surface area contributed by atoms with Crippen LogP contribution in [0.25, 0.3) is 0 Å². The van der Waals surface area contributed by atoms with Gasteiger partial charge in [-0.2, -0.15) is 13.7 Å². The summed E-state index contributed by atoms with van der Waals surface area (Å²) < 4.78 is 30.9. The van der Waals surface area contributed by atoms with Crippen molar-refractivity contribution >= 4 is 50.6 Å². The van der Waals surface area contributed by atoms with Gasteiger partial charge in [0.25, 0.3) is 16.0 Å². The Morgan fingerprint density at radius 2 is 1.81 bits per heavy atom. The highest BCUT2D eigenvalue weighted by Gasteiger charge is 2.12. The highest BCUT2D eigenvalue weighted by Crippen LogP contribution is 2.25. The smallest absolute Gasteiger partial charge is 0.294 e. The first-order valence-electron chi connectivity index (χ1n) is 6.91. The van der Waals surface area contributed by atoms with E-state index < -0.39 is 16.0 Å².